The van der Waals surface area contributed by atoms with Gasteiger partial charge in [0.15, 0.2) is 0 Å². The second-order valence-corrected chi connectivity index (χ2v) is 6.23. The molecule has 0 N–H and O–H groups in total. The van der Waals surface area contributed by atoms with E-state index in [4.69, 9.17) is 11.6 Å². The second kappa shape index (κ2) is 6.57. The van der Waals surface area contributed by atoms with Gasteiger partial charge in [0, 0.05) is 35.5 Å². The molecule has 5 heteroatoms. The monoisotopic (exact) mass is 351 g/mol. The molecule has 124 valence electrons. The highest BCUT2D eigenvalue weighted by molar-refractivity contribution is 6.30. The summed E-state index contributed by atoms with van der Waals surface area (Å²) < 4.78 is 17.2. The average Bonchev–Trinajstić information content (AvgIpc) is 3.30. The molecule has 0 aliphatic heterocycles. The van der Waals surface area contributed by atoms with Crippen LogP contribution in [0.1, 0.15) is 17.2 Å². The standard InChI is InChI=1S/C20H15ClFN3/c21-17-3-1-15(2-4-17)20(25-12-10-23-14-25)16-9-11-24(13-16)19-7-5-18(22)6-8-19/h1-14,20H/t20-/m0/s1. The first-order valence-corrected chi connectivity index (χ1v) is 8.25. The first kappa shape index (κ1) is 15.7. The summed E-state index contributed by atoms with van der Waals surface area (Å²) in [5.41, 5.74) is 3.12. The first-order valence-electron chi connectivity index (χ1n) is 7.87. The summed E-state index contributed by atoms with van der Waals surface area (Å²) in [5.74, 6) is -0.242. The van der Waals surface area contributed by atoms with E-state index in [2.05, 4.69) is 11.1 Å². The van der Waals surface area contributed by atoms with Crippen molar-refractivity contribution in [3.05, 3.63) is 108 Å². The van der Waals surface area contributed by atoms with Gasteiger partial charge in [-0.2, -0.15) is 0 Å². The molecule has 1 atom stereocenters. The summed E-state index contributed by atoms with van der Waals surface area (Å²) in [7, 11) is 0. The number of rotatable bonds is 4. The average molecular weight is 352 g/mol. The van der Waals surface area contributed by atoms with Crippen molar-refractivity contribution in [1.82, 2.24) is 14.1 Å². The highest BCUT2D eigenvalue weighted by Gasteiger charge is 2.17. The zero-order valence-corrected chi connectivity index (χ0v) is 14.0. The van der Waals surface area contributed by atoms with Gasteiger partial charge >= 0.3 is 0 Å². The predicted octanol–water partition coefficient (Wildman–Crippen LogP) is 5.10. The fourth-order valence-electron chi connectivity index (χ4n) is 2.95. The molecule has 0 saturated carbocycles. The number of nitrogens with zero attached hydrogens (tertiary/aromatic N) is 3. The van der Waals surface area contributed by atoms with Crippen molar-refractivity contribution in [1.29, 1.82) is 0 Å². The van der Waals surface area contributed by atoms with Crippen LogP contribution >= 0.6 is 11.6 Å². The lowest BCUT2D eigenvalue weighted by atomic mass is 10.0. The largest absolute Gasteiger partial charge is 0.326 e. The Morgan fingerprint density at radius 2 is 1.64 bits per heavy atom. The Morgan fingerprint density at radius 1 is 0.880 bits per heavy atom. The van der Waals surface area contributed by atoms with Gasteiger partial charge in [-0.3, -0.25) is 0 Å². The van der Waals surface area contributed by atoms with Crippen LogP contribution in [0.15, 0.2) is 85.7 Å². The fraction of sp³-hybridized carbons (Fsp3) is 0.0500. The van der Waals surface area contributed by atoms with Crippen molar-refractivity contribution in [3.8, 4) is 5.69 Å². The van der Waals surface area contributed by atoms with Crippen LogP contribution in [0.5, 0.6) is 0 Å². The van der Waals surface area contributed by atoms with Gasteiger partial charge in [0.05, 0.1) is 12.4 Å². The van der Waals surface area contributed by atoms with Crippen molar-refractivity contribution in [2.24, 2.45) is 0 Å². The third-order valence-corrected chi connectivity index (χ3v) is 4.42. The topological polar surface area (TPSA) is 22.8 Å². The molecule has 0 bridgehead atoms. The number of benzene rings is 2. The molecule has 3 nitrogen and oxygen atoms in total. The van der Waals surface area contributed by atoms with E-state index in [1.54, 1.807) is 24.7 Å². The molecular weight excluding hydrogens is 337 g/mol. The lowest BCUT2D eigenvalue weighted by Gasteiger charge is -2.18. The maximum atomic E-state index is 13.1. The number of imidazole rings is 1. The lowest BCUT2D eigenvalue weighted by molar-refractivity contribution is 0.627. The fourth-order valence-corrected chi connectivity index (χ4v) is 3.08. The van der Waals surface area contributed by atoms with Gasteiger partial charge in [-0.15, -0.1) is 0 Å². The van der Waals surface area contributed by atoms with E-state index < -0.39 is 0 Å². The van der Waals surface area contributed by atoms with Gasteiger partial charge < -0.3 is 9.13 Å². The Bertz CT molecular complexity index is 957. The summed E-state index contributed by atoms with van der Waals surface area (Å²) in [6.45, 7) is 0. The zero-order valence-electron chi connectivity index (χ0n) is 13.3. The molecule has 2 heterocycles. The minimum atomic E-state index is -0.242. The van der Waals surface area contributed by atoms with E-state index in [9.17, 15) is 4.39 Å². The van der Waals surface area contributed by atoms with Gasteiger partial charge in [-0.25, -0.2) is 9.37 Å². The van der Waals surface area contributed by atoms with Gasteiger partial charge in [0.1, 0.15) is 5.82 Å². The van der Waals surface area contributed by atoms with Gasteiger partial charge in [0.2, 0.25) is 0 Å². The van der Waals surface area contributed by atoms with E-state index >= 15 is 0 Å². The molecule has 0 saturated heterocycles. The summed E-state index contributed by atoms with van der Waals surface area (Å²) in [6.07, 6.45) is 9.53. The van der Waals surface area contributed by atoms with Crippen molar-refractivity contribution < 1.29 is 4.39 Å². The number of hydrogen-bond donors (Lipinski definition) is 0. The number of aromatic nitrogens is 3. The highest BCUT2D eigenvalue weighted by Crippen LogP contribution is 2.28. The Morgan fingerprint density at radius 3 is 2.32 bits per heavy atom. The van der Waals surface area contributed by atoms with Crippen molar-refractivity contribution >= 4 is 11.6 Å². The molecule has 4 rings (SSSR count). The quantitative estimate of drug-likeness (QED) is 0.501. The minimum absolute atomic E-state index is 0.0125. The zero-order chi connectivity index (χ0) is 17.2. The van der Waals surface area contributed by atoms with E-state index in [-0.39, 0.29) is 11.9 Å². The summed E-state index contributed by atoms with van der Waals surface area (Å²) in [6, 6.07) is 16.3. The van der Waals surface area contributed by atoms with E-state index in [0.29, 0.717) is 5.02 Å². The maximum absolute atomic E-state index is 13.1. The van der Waals surface area contributed by atoms with Crippen molar-refractivity contribution in [3.63, 3.8) is 0 Å². The van der Waals surface area contributed by atoms with Gasteiger partial charge in [-0.05, 0) is 53.6 Å². The van der Waals surface area contributed by atoms with Crippen LogP contribution in [0.2, 0.25) is 5.02 Å². The Kier molecular flexibility index (Phi) is 4.12. The van der Waals surface area contributed by atoms with Crippen LogP contribution in [0.3, 0.4) is 0 Å². The predicted molar refractivity (Wildman–Crippen MR) is 96.6 cm³/mol. The molecule has 0 aliphatic rings. The Hall–Kier alpha value is -2.85. The minimum Gasteiger partial charge on any atom is -0.326 e. The molecule has 0 amide bonds. The summed E-state index contributed by atoms with van der Waals surface area (Å²) in [5, 5.41) is 0.706. The molecule has 4 aromatic rings. The van der Waals surface area contributed by atoms with Gasteiger partial charge in [-0.1, -0.05) is 23.7 Å². The number of hydrogen-bond acceptors (Lipinski definition) is 1. The molecule has 0 spiro atoms. The molecular formula is C20H15ClFN3. The first-order chi connectivity index (χ1) is 12.2. The van der Waals surface area contributed by atoms with E-state index in [0.717, 1.165) is 16.8 Å². The normalized spacial score (nSPS) is 12.2. The molecule has 2 aromatic heterocycles. The molecule has 0 unspecified atom stereocenters. The summed E-state index contributed by atoms with van der Waals surface area (Å²) in [4.78, 5) is 4.17. The third kappa shape index (κ3) is 3.21. The summed E-state index contributed by atoms with van der Waals surface area (Å²) >= 11 is 6.03. The molecule has 0 radical (unpaired) electrons. The van der Waals surface area contributed by atoms with Crippen LogP contribution in [0, 0.1) is 5.82 Å². The SMILES string of the molecule is Fc1ccc(-n2ccc([C@H](c3ccc(Cl)cc3)n3ccnc3)c2)cc1. The third-order valence-electron chi connectivity index (χ3n) is 4.17. The Balaban J connectivity index is 1.75. The molecule has 0 fully saturated rings. The van der Waals surface area contributed by atoms with Crippen molar-refractivity contribution in [2.45, 2.75) is 6.04 Å². The molecule has 2 aromatic carbocycles. The van der Waals surface area contributed by atoms with Crippen LogP contribution in [0.25, 0.3) is 5.69 Å². The highest BCUT2D eigenvalue weighted by atomic mass is 35.5. The van der Waals surface area contributed by atoms with Gasteiger partial charge in [0.25, 0.3) is 0 Å². The Labute approximate surface area is 149 Å². The van der Waals surface area contributed by atoms with E-state index in [1.807, 2.05) is 52.0 Å². The number of halogens is 2. The maximum Gasteiger partial charge on any atom is 0.123 e. The van der Waals surface area contributed by atoms with Crippen LogP contribution in [-0.2, 0) is 0 Å². The van der Waals surface area contributed by atoms with Crippen molar-refractivity contribution in [2.75, 3.05) is 0 Å². The van der Waals surface area contributed by atoms with E-state index in [1.165, 1.54) is 12.1 Å². The van der Waals surface area contributed by atoms with Crippen LogP contribution in [0.4, 0.5) is 4.39 Å². The smallest absolute Gasteiger partial charge is 0.123 e. The molecule has 25 heavy (non-hydrogen) atoms. The lowest BCUT2D eigenvalue weighted by Crippen LogP contribution is -2.09. The second-order valence-electron chi connectivity index (χ2n) is 5.79. The molecule has 0 aliphatic carbocycles. The van der Waals surface area contributed by atoms with Crippen LogP contribution in [-0.4, -0.2) is 14.1 Å². The van der Waals surface area contributed by atoms with Crippen LogP contribution < -0.4 is 0 Å².